The zero-order chi connectivity index (χ0) is 17.8. The monoisotopic (exact) mass is 363 g/mol. The summed E-state index contributed by atoms with van der Waals surface area (Å²) in [4.78, 5) is 11.0. The molecule has 1 aliphatic rings. The lowest BCUT2D eigenvalue weighted by molar-refractivity contribution is -0.690. The van der Waals surface area contributed by atoms with Crippen LogP contribution in [-0.4, -0.2) is 24.9 Å². The molecule has 0 aromatic heterocycles. The van der Waals surface area contributed by atoms with Gasteiger partial charge in [-0.1, -0.05) is 30.0 Å². The lowest BCUT2D eigenvalue weighted by atomic mass is 10.2. The zero-order valence-corrected chi connectivity index (χ0v) is 14.4. The first-order valence-electron chi connectivity index (χ1n) is 7.80. The van der Waals surface area contributed by atoms with E-state index in [0.29, 0.717) is 22.8 Å². The summed E-state index contributed by atoms with van der Waals surface area (Å²) in [5, 5.41) is 12.7. The third kappa shape index (κ3) is 4.05. The second-order valence-corrected chi connectivity index (χ2v) is 6.84. The maximum atomic E-state index is 13.7. The molecule has 0 amide bonds. The zero-order valence-electron chi connectivity index (χ0n) is 13.6. The number of methoxy groups -OCH3 is 1. The van der Waals surface area contributed by atoms with Crippen molar-refractivity contribution in [1.29, 1.82) is 0 Å². The highest BCUT2D eigenvalue weighted by Gasteiger charge is 2.31. The Kier molecular flexibility index (Phi) is 5.45. The highest BCUT2D eigenvalue weighted by Crippen LogP contribution is 2.34. The van der Waals surface area contributed by atoms with E-state index in [-0.39, 0.29) is 17.8 Å². The van der Waals surface area contributed by atoms with Crippen LogP contribution >= 0.6 is 11.8 Å². The van der Waals surface area contributed by atoms with Crippen molar-refractivity contribution in [2.24, 2.45) is 0 Å². The average molecular weight is 363 g/mol. The minimum Gasteiger partial charge on any atom is -0.544 e. The molecule has 0 aliphatic carbocycles. The lowest BCUT2D eigenvalue weighted by Gasteiger charge is -2.15. The molecule has 2 aromatic rings. The smallest absolute Gasteiger partial charge is 0.161 e. The van der Waals surface area contributed by atoms with Gasteiger partial charge in [-0.15, -0.1) is 0 Å². The molecule has 0 spiro atoms. The number of carbonyl (C=O) groups excluding carboxylic acids is 1. The summed E-state index contributed by atoms with van der Waals surface area (Å²) in [6.45, 7) is 0.0967. The van der Waals surface area contributed by atoms with Gasteiger partial charge in [0.15, 0.2) is 16.9 Å². The molecule has 25 heavy (non-hydrogen) atoms. The quantitative estimate of drug-likeness (QED) is 0.823. The minimum atomic E-state index is -1.05. The molecular formula is C18H18FNO4S. The van der Waals surface area contributed by atoms with Gasteiger partial charge in [0.2, 0.25) is 0 Å². The topological polar surface area (TPSA) is 75.2 Å². The van der Waals surface area contributed by atoms with Gasteiger partial charge in [-0.25, -0.2) is 4.39 Å². The molecule has 2 aromatic carbocycles. The summed E-state index contributed by atoms with van der Waals surface area (Å²) in [5.74, 6) is 0.171. The largest absolute Gasteiger partial charge is 0.544 e. The van der Waals surface area contributed by atoms with E-state index in [0.717, 1.165) is 5.56 Å². The van der Waals surface area contributed by atoms with Crippen molar-refractivity contribution in [2.75, 3.05) is 12.9 Å². The first kappa shape index (κ1) is 17.6. The summed E-state index contributed by atoms with van der Waals surface area (Å²) >= 11 is 1.55. The Balaban J connectivity index is 1.72. The van der Waals surface area contributed by atoms with Crippen LogP contribution in [0.5, 0.6) is 11.5 Å². The average Bonchev–Trinajstić information content (AvgIpc) is 3.11. The predicted octanol–water partition coefficient (Wildman–Crippen LogP) is 0.841. The van der Waals surface area contributed by atoms with Crippen LogP contribution in [0, 0.1) is 5.82 Å². The van der Waals surface area contributed by atoms with Crippen LogP contribution < -0.4 is 19.9 Å². The fraction of sp³-hybridized carbons (Fsp3) is 0.278. The van der Waals surface area contributed by atoms with Crippen molar-refractivity contribution in [3.63, 3.8) is 0 Å². The Labute approximate surface area is 149 Å². The molecule has 5 nitrogen and oxygen atoms in total. The number of aliphatic carboxylic acids is 1. The van der Waals surface area contributed by atoms with Crippen LogP contribution in [0.25, 0.3) is 0 Å². The summed E-state index contributed by atoms with van der Waals surface area (Å²) in [5.41, 5.74) is 1.40. The Hall–Kier alpha value is -2.25. The molecule has 3 rings (SSSR count). The summed E-state index contributed by atoms with van der Waals surface area (Å²) in [7, 11) is 1.53. The van der Waals surface area contributed by atoms with E-state index in [1.54, 1.807) is 41.3 Å². The SMILES string of the molecule is COc1cc([C@H]2[NH2+][C@H](C(=O)[O-])CS2)ccc1OCc1ccccc1F. The maximum absolute atomic E-state index is 13.7. The van der Waals surface area contributed by atoms with E-state index in [2.05, 4.69) is 0 Å². The van der Waals surface area contributed by atoms with Crippen molar-refractivity contribution in [2.45, 2.75) is 18.0 Å². The highest BCUT2D eigenvalue weighted by molar-refractivity contribution is 7.99. The number of rotatable bonds is 6. The number of thioether (sulfide) groups is 1. The van der Waals surface area contributed by atoms with Gasteiger partial charge in [0.25, 0.3) is 0 Å². The van der Waals surface area contributed by atoms with E-state index in [9.17, 15) is 14.3 Å². The highest BCUT2D eigenvalue weighted by atomic mass is 32.2. The van der Waals surface area contributed by atoms with Crippen LogP contribution in [0.3, 0.4) is 0 Å². The number of hydrogen-bond acceptors (Lipinski definition) is 5. The first-order valence-corrected chi connectivity index (χ1v) is 8.85. The van der Waals surface area contributed by atoms with Crippen LogP contribution in [0.2, 0.25) is 0 Å². The standard InChI is InChI=1S/C18H18FNO4S/c1-23-16-8-11(17-20-14(10-25-17)18(21)22)6-7-15(16)24-9-12-4-2-3-5-13(12)19/h2-8,14,17,20H,9-10H2,1H3,(H,21,22)/t14-,17-/m0/s1. The van der Waals surface area contributed by atoms with E-state index in [4.69, 9.17) is 9.47 Å². The molecule has 2 atom stereocenters. The minimum absolute atomic E-state index is 0.0302. The molecule has 0 unspecified atom stereocenters. The van der Waals surface area contributed by atoms with Crippen LogP contribution in [-0.2, 0) is 11.4 Å². The normalized spacial score (nSPS) is 19.6. The van der Waals surface area contributed by atoms with Gasteiger partial charge in [-0.3, -0.25) is 0 Å². The van der Waals surface area contributed by atoms with Crippen LogP contribution in [0.15, 0.2) is 42.5 Å². The van der Waals surface area contributed by atoms with E-state index in [1.807, 2.05) is 12.1 Å². The lowest BCUT2D eigenvalue weighted by Crippen LogP contribution is -2.90. The van der Waals surface area contributed by atoms with Crippen molar-refractivity contribution in [1.82, 2.24) is 0 Å². The van der Waals surface area contributed by atoms with E-state index >= 15 is 0 Å². The number of ether oxygens (including phenoxy) is 2. The van der Waals surface area contributed by atoms with Gasteiger partial charge in [-0.05, 0) is 24.3 Å². The molecular weight excluding hydrogens is 345 g/mol. The van der Waals surface area contributed by atoms with Crippen molar-refractivity contribution in [3.05, 3.63) is 59.4 Å². The number of nitrogens with two attached hydrogens (primary N) is 1. The molecule has 1 saturated heterocycles. The Bertz CT molecular complexity index is 770. The molecule has 0 saturated carbocycles. The molecule has 0 bridgehead atoms. The van der Waals surface area contributed by atoms with Gasteiger partial charge in [-0.2, -0.15) is 0 Å². The fourth-order valence-electron chi connectivity index (χ4n) is 2.63. The van der Waals surface area contributed by atoms with Gasteiger partial charge < -0.3 is 24.7 Å². The number of halogens is 1. The Morgan fingerprint density at radius 3 is 2.80 bits per heavy atom. The molecule has 1 fully saturated rings. The molecule has 1 aliphatic heterocycles. The molecule has 0 radical (unpaired) electrons. The van der Waals surface area contributed by atoms with Crippen LogP contribution in [0.4, 0.5) is 4.39 Å². The van der Waals surface area contributed by atoms with Crippen LogP contribution in [0.1, 0.15) is 16.5 Å². The van der Waals surface area contributed by atoms with Crippen molar-refractivity contribution < 1.29 is 29.1 Å². The summed E-state index contributed by atoms with van der Waals surface area (Å²) in [6.07, 6.45) is 0. The van der Waals surface area contributed by atoms with Gasteiger partial charge in [0.1, 0.15) is 24.4 Å². The van der Waals surface area contributed by atoms with E-state index < -0.39 is 12.0 Å². The number of carboxylic acid groups (broad SMARTS) is 1. The third-order valence-electron chi connectivity index (χ3n) is 4.02. The fourth-order valence-corrected chi connectivity index (χ4v) is 3.94. The Morgan fingerprint density at radius 1 is 1.32 bits per heavy atom. The molecule has 2 N–H and O–H groups in total. The van der Waals surface area contributed by atoms with Gasteiger partial charge >= 0.3 is 0 Å². The number of carboxylic acids is 1. The Morgan fingerprint density at radius 2 is 2.12 bits per heavy atom. The second kappa shape index (κ2) is 7.76. The van der Waals surface area contributed by atoms with Gasteiger partial charge in [0, 0.05) is 11.1 Å². The summed E-state index contributed by atoms with van der Waals surface area (Å²) in [6, 6.07) is 11.3. The van der Waals surface area contributed by atoms with E-state index in [1.165, 1.54) is 13.2 Å². The third-order valence-corrected chi connectivity index (χ3v) is 5.36. The predicted molar refractivity (Wildman–Crippen MR) is 89.6 cm³/mol. The molecule has 7 heteroatoms. The first-order chi connectivity index (χ1) is 12.1. The molecule has 132 valence electrons. The number of quaternary nitrogens is 1. The number of hydrogen-bond donors (Lipinski definition) is 1. The summed E-state index contributed by atoms with van der Waals surface area (Å²) < 4.78 is 24.7. The number of carbonyl (C=O) groups is 1. The number of benzene rings is 2. The molecule has 1 heterocycles. The second-order valence-electron chi connectivity index (χ2n) is 5.66. The van der Waals surface area contributed by atoms with Gasteiger partial charge in [0.05, 0.1) is 12.9 Å². The van der Waals surface area contributed by atoms with Crippen molar-refractivity contribution >= 4 is 17.7 Å². The maximum Gasteiger partial charge on any atom is 0.161 e. The van der Waals surface area contributed by atoms with Crippen molar-refractivity contribution in [3.8, 4) is 11.5 Å².